The van der Waals surface area contributed by atoms with Gasteiger partial charge >= 0.3 is 11.9 Å². The molecule has 0 bridgehead atoms. The molecule has 0 atom stereocenters. The lowest BCUT2D eigenvalue weighted by Crippen LogP contribution is -2.03. The summed E-state index contributed by atoms with van der Waals surface area (Å²) in [6.07, 6.45) is 6.52. The van der Waals surface area contributed by atoms with Crippen LogP contribution >= 0.6 is 0 Å². The molecule has 130 valence electrons. The first kappa shape index (κ1) is 21.2. The molecule has 0 radical (unpaired) electrons. The molecule has 0 saturated heterocycles. The van der Waals surface area contributed by atoms with Gasteiger partial charge in [-0.05, 0) is 32.4 Å². The van der Waals surface area contributed by atoms with Crippen LogP contribution in [-0.2, 0) is 14.3 Å². The largest absolute Gasteiger partial charge is 0.466 e. The topological polar surface area (TPSA) is 52.6 Å². The second-order valence-corrected chi connectivity index (χ2v) is 5.06. The van der Waals surface area contributed by atoms with E-state index in [1.807, 2.05) is 25.1 Å². The quantitative estimate of drug-likeness (QED) is 0.485. The zero-order chi connectivity index (χ0) is 17.3. The van der Waals surface area contributed by atoms with Gasteiger partial charge in [-0.1, -0.05) is 50.8 Å². The fraction of sp³-hybridized carbons (Fsp3) is 0.579. The number of carbonyl (C=O) groups excluding carboxylic acids is 2. The second kappa shape index (κ2) is 15.1. The van der Waals surface area contributed by atoms with E-state index in [2.05, 4.69) is 6.92 Å². The van der Waals surface area contributed by atoms with Gasteiger partial charge in [-0.3, -0.25) is 4.79 Å². The molecule has 1 aromatic rings. The predicted molar refractivity (Wildman–Crippen MR) is 92.4 cm³/mol. The molecule has 0 heterocycles. The molecule has 0 aliphatic carbocycles. The summed E-state index contributed by atoms with van der Waals surface area (Å²) in [4.78, 5) is 21.9. The maximum absolute atomic E-state index is 11.0. The van der Waals surface area contributed by atoms with Gasteiger partial charge in [0.25, 0.3) is 0 Å². The second-order valence-electron chi connectivity index (χ2n) is 5.06. The van der Waals surface area contributed by atoms with Gasteiger partial charge in [0.05, 0.1) is 18.8 Å². The molecule has 0 aromatic heterocycles. The van der Waals surface area contributed by atoms with Crippen LogP contribution in [0.4, 0.5) is 0 Å². The van der Waals surface area contributed by atoms with E-state index in [1.165, 1.54) is 19.3 Å². The Bertz CT molecular complexity index is 415. The molecular formula is C19H30O4. The van der Waals surface area contributed by atoms with E-state index < -0.39 is 0 Å². The van der Waals surface area contributed by atoms with Crippen molar-refractivity contribution in [2.75, 3.05) is 13.2 Å². The van der Waals surface area contributed by atoms with E-state index in [0.717, 1.165) is 12.8 Å². The van der Waals surface area contributed by atoms with Crippen molar-refractivity contribution in [1.29, 1.82) is 0 Å². The molecule has 1 rings (SSSR count). The van der Waals surface area contributed by atoms with Crippen LogP contribution in [0, 0.1) is 0 Å². The lowest BCUT2D eigenvalue weighted by molar-refractivity contribution is -0.143. The average Bonchev–Trinajstić information content (AvgIpc) is 2.56. The van der Waals surface area contributed by atoms with E-state index in [-0.39, 0.29) is 11.9 Å². The molecule has 0 aliphatic rings. The Labute approximate surface area is 140 Å². The van der Waals surface area contributed by atoms with Gasteiger partial charge in [-0.25, -0.2) is 4.79 Å². The van der Waals surface area contributed by atoms with Gasteiger partial charge in [-0.2, -0.15) is 0 Å². The number of esters is 2. The smallest absolute Gasteiger partial charge is 0.338 e. The Kier molecular flexibility index (Phi) is 13.9. The number of unbranched alkanes of at least 4 members (excludes halogenated alkanes) is 4. The van der Waals surface area contributed by atoms with Gasteiger partial charge < -0.3 is 9.47 Å². The SMILES string of the molecule is CCCCCCCC(=O)OCC.CCOC(=O)c1ccccc1. The van der Waals surface area contributed by atoms with Crippen LogP contribution in [0.5, 0.6) is 0 Å². The van der Waals surface area contributed by atoms with Crippen LogP contribution in [0.15, 0.2) is 30.3 Å². The van der Waals surface area contributed by atoms with Crippen LogP contribution in [0.1, 0.15) is 69.7 Å². The molecule has 4 nitrogen and oxygen atoms in total. The number of carbonyl (C=O) groups is 2. The zero-order valence-corrected chi connectivity index (χ0v) is 14.7. The Morgan fingerprint density at radius 3 is 2.00 bits per heavy atom. The van der Waals surface area contributed by atoms with Crippen molar-refractivity contribution >= 4 is 11.9 Å². The van der Waals surface area contributed by atoms with Gasteiger partial charge in [0.1, 0.15) is 0 Å². The third-order valence-electron chi connectivity index (χ3n) is 3.07. The van der Waals surface area contributed by atoms with Crippen molar-refractivity contribution in [2.45, 2.75) is 59.3 Å². The Morgan fingerprint density at radius 2 is 1.43 bits per heavy atom. The summed E-state index contributed by atoms with van der Waals surface area (Å²) in [5, 5.41) is 0. The van der Waals surface area contributed by atoms with Crippen molar-refractivity contribution < 1.29 is 19.1 Å². The summed E-state index contributed by atoms with van der Waals surface area (Å²) in [5.41, 5.74) is 0.606. The predicted octanol–water partition coefficient (Wildman–Crippen LogP) is 4.77. The van der Waals surface area contributed by atoms with Gasteiger partial charge in [0.15, 0.2) is 0 Å². The van der Waals surface area contributed by atoms with Gasteiger partial charge in [0.2, 0.25) is 0 Å². The third kappa shape index (κ3) is 12.4. The third-order valence-corrected chi connectivity index (χ3v) is 3.07. The van der Waals surface area contributed by atoms with E-state index in [0.29, 0.717) is 25.2 Å². The van der Waals surface area contributed by atoms with Crippen LogP contribution in [0.3, 0.4) is 0 Å². The van der Waals surface area contributed by atoms with Crippen molar-refractivity contribution in [3.8, 4) is 0 Å². The Morgan fingerprint density at radius 1 is 0.826 bits per heavy atom. The van der Waals surface area contributed by atoms with Crippen LogP contribution in [0.2, 0.25) is 0 Å². The van der Waals surface area contributed by atoms with Crippen molar-refractivity contribution in [3.63, 3.8) is 0 Å². The number of hydrogen-bond donors (Lipinski definition) is 0. The van der Waals surface area contributed by atoms with E-state index >= 15 is 0 Å². The first-order valence-corrected chi connectivity index (χ1v) is 8.53. The van der Waals surface area contributed by atoms with Gasteiger partial charge in [0, 0.05) is 6.42 Å². The molecule has 0 spiro atoms. The highest BCUT2D eigenvalue weighted by molar-refractivity contribution is 5.89. The number of rotatable bonds is 9. The Hall–Kier alpha value is -1.84. The lowest BCUT2D eigenvalue weighted by Gasteiger charge is -2.00. The zero-order valence-electron chi connectivity index (χ0n) is 14.7. The lowest BCUT2D eigenvalue weighted by atomic mass is 10.1. The van der Waals surface area contributed by atoms with Crippen molar-refractivity contribution in [3.05, 3.63) is 35.9 Å². The van der Waals surface area contributed by atoms with Crippen LogP contribution < -0.4 is 0 Å². The highest BCUT2D eigenvalue weighted by atomic mass is 16.5. The molecule has 0 fully saturated rings. The van der Waals surface area contributed by atoms with Gasteiger partial charge in [-0.15, -0.1) is 0 Å². The summed E-state index contributed by atoms with van der Waals surface area (Å²) < 4.78 is 9.60. The molecule has 0 amide bonds. The van der Waals surface area contributed by atoms with Crippen LogP contribution in [0.25, 0.3) is 0 Å². The maximum atomic E-state index is 11.0. The van der Waals surface area contributed by atoms with E-state index in [9.17, 15) is 9.59 Å². The molecule has 23 heavy (non-hydrogen) atoms. The minimum Gasteiger partial charge on any atom is -0.466 e. The average molecular weight is 322 g/mol. The van der Waals surface area contributed by atoms with E-state index in [1.54, 1.807) is 19.1 Å². The number of hydrogen-bond acceptors (Lipinski definition) is 4. The highest BCUT2D eigenvalue weighted by Crippen LogP contribution is 2.05. The summed E-state index contributed by atoms with van der Waals surface area (Å²) >= 11 is 0. The summed E-state index contributed by atoms with van der Waals surface area (Å²) in [7, 11) is 0. The molecule has 0 N–H and O–H groups in total. The minimum absolute atomic E-state index is 0.0472. The van der Waals surface area contributed by atoms with E-state index in [4.69, 9.17) is 9.47 Å². The first-order valence-electron chi connectivity index (χ1n) is 8.53. The van der Waals surface area contributed by atoms with Crippen molar-refractivity contribution in [2.24, 2.45) is 0 Å². The summed E-state index contributed by atoms with van der Waals surface area (Å²) in [6.45, 7) is 6.75. The van der Waals surface area contributed by atoms with Crippen LogP contribution in [-0.4, -0.2) is 25.2 Å². The minimum atomic E-state index is -0.256. The Balaban J connectivity index is 0.000000422. The fourth-order valence-electron chi connectivity index (χ4n) is 1.89. The maximum Gasteiger partial charge on any atom is 0.338 e. The molecule has 4 heteroatoms. The molecule has 0 aliphatic heterocycles. The molecule has 0 saturated carbocycles. The van der Waals surface area contributed by atoms with Crippen molar-refractivity contribution in [1.82, 2.24) is 0 Å². The number of ether oxygens (including phenoxy) is 2. The molecule has 1 aromatic carbocycles. The number of benzene rings is 1. The summed E-state index contributed by atoms with van der Waals surface area (Å²) in [5.74, 6) is -0.304. The normalized spacial score (nSPS) is 9.52. The standard InChI is InChI=1S/C10H20O2.C9H10O2/c1-3-5-6-7-8-9-10(11)12-4-2;1-2-11-9(10)8-6-4-3-5-7-8/h3-9H2,1-2H3;3-7H,2H2,1H3. The highest BCUT2D eigenvalue weighted by Gasteiger charge is 2.02. The first-order chi connectivity index (χ1) is 11.2. The summed E-state index contributed by atoms with van der Waals surface area (Å²) in [6, 6.07) is 8.96. The molecular weight excluding hydrogens is 292 g/mol. The monoisotopic (exact) mass is 322 g/mol. The molecule has 0 unspecified atom stereocenters. The fourth-order valence-corrected chi connectivity index (χ4v) is 1.89.